The number of hydrogen-bond donors (Lipinski definition) is 1. The second-order valence-electron chi connectivity index (χ2n) is 4.28. The molecule has 1 aromatic carbocycles. The molecule has 17 heavy (non-hydrogen) atoms. The zero-order valence-electron chi connectivity index (χ0n) is 9.36. The van der Waals surface area contributed by atoms with Crippen LogP contribution in [0, 0.1) is 0 Å². The van der Waals surface area contributed by atoms with E-state index in [0.29, 0.717) is 0 Å². The molecule has 0 spiro atoms. The van der Waals surface area contributed by atoms with E-state index in [1.807, 2.05) is 18.2 Å². The van der Waals surface area contributed by atoms with Crippen molar-refractivity contribution in [2.24, 2.45) is 0 Å². The van der Waals surface area contributed by atoms with E-state index in [0.717, 1.165) is 40.3 Å². The lowest BCUT2D eigenvalue weighted by Crippen LogP contribution is -2.11. The maximum absolute atomic E-state index is 6.01. The Balaban J connectivity index is 2.15. The Bertz CT molecular complexity index is 562. The number of rotatable bonds is 1. The Labute approximate surface area is 108 Å². The number of fused-ring (bicyclic) bond motifs is 1. The van der Waals surface area contributed by atoms with Gasteiger partial charge in [0.25, 0.3) is 0 Å². The van der Waals surface area contributed by atoms with E-state index in [1.54, 1.807) is 0 Å². The van der Waals surface area contributed by atoms with E-state index >= 15 is 0 Å². The zero-order valence-corrected chi connectivity index (χ0v) is 10.9. The Morgan fingerprint density at radius 1 is 1.24 bits per heavy atom. The van der Waals surface area contributed by atoms with Crippen LogP contribution in [-0.4, -0.2) is 14.8 Å². The third-order valence-corrected chi connectivity index (χ3v) is 3.61. The second-order valence-corrected chi connectivity index (χ2v) is 5.20. The number of anilines is 1. The lowest BCUT2D eigenvalue weighted by atomic mass is 10.1. The third kappa shape index (κ3) is 1.84. The first kappa shape index (κ1) is 10.8. The van der Waals surface area contributed by atoms with Gasteiger partial charge in [-0.1, -0.05) is 15.9 Å². The summed E-state index contributed by atoms with van der Waals surface area (Å²) in [6.45, 7) is 0.990. The van der Waals surface area contributed by atoms with E-state index < -0.39 is 0 Å². The van der Waals surface area contributed by atoms with Crippen LogP contribution in [0.5, 0.6) is 0 Å². The van der Waals surface area contributed by atoms with Crippen molar-refractivity contribution in [3.8, 4) is 11.4 Å². The van der Waals surface area contributed by atoms with Crippen LogP contribution in [0.15, 0.2) is 22.7 Å². The fourth-order valence-corrected chi connectivity index (χ4v) is 2.59. The molecule has 0 radical (unpaired) electrons. The predicted octanol–water partition coefficient (Wildman–Crippen LogP) is 2.63. The van der Waals surface area contributed by atoms with E-state index in [2.05, 4.69) is 30.7 Å². The minimum absolute atomic E-state index is 0.744. The van der Waals surface area contributed by atoms with Crippen LogP contribution in [0.1, 0.15) is 18.7 Å². The summed E-state index contributed by atoms with van der Waals surface area (Å²) in [4.78, 5) is 0. The van der Waals surface area contributed by atoms with Crippen molar-refractivity contribution in [3.63, 3.8) is 0 Å². The highest BCUT2D eigenvalue weighted by molar-refractivity contribution is 9.10. The van der Waals surface area contributed by atoms with Crippen molar-refractivity contribution in [3.05, 3.63) is 28.5 Å². The quantitative estimate of drug-likeness (QED) is 0.822. The Kier molecular flexibility index (Phi) is 2.63. The van der Waals surface area contributed by atoms with Crippen LogP contribution in [0.4, 0.5) is 5.69 Å². The summed E-state index contributed by atoms with van der Waals surface area (Å²) in [5.74, 6) is 1.96. The van der Waals surface area contributed by atoms with Gasteiger partial charge in [0.05, 0.1) is 0 Å². The van der Waals surface area contributed by atoms with Crippen LogP contribution < -0.4 is 5.73 Å². The molecule has 1 aliphatic heterocycles. The van der Waals surface area contributed by atoms with Crippen molar-refractivity contribution < 1.29 is 0 Å². The lowest BCUT2D eigenvalue weighted by molar-refractivity contribution is 0.526. The Morgan fingerprint density at radius 3 is 3.00 bits per heavy atom. The number of nitrogens with two attached hydrogens (primary N) is 1. The van der Waals surface area contributed by atoms with Gasteiger partial charge in [0, 0.05) is 28.7 Å². The topological polar surface area (TPSA) is 56.7 Å². The number of aromatic nitrogens is 3. The molecule has 4 nitrogen and oxygen atoms in total. The largest absolute Gasteiger partial charge is 0.398 e. The summed E-state index contributed by atoms with van der Waals surface area (Å²) in [7, 11) is 0. The van der Waals surface area contributed by atoms with Gasteiger partial charge in [0.2, 0.25) is 0 Å². The van der Waals surface area contributed by atoms with Crippen molar-refractivity contribution >= 4 is 21.6 Å². The minimum Gasteiger partial charge on any atom is -0.398 e. The Hall–Kier alpha value is -1.36. The fraction of sp³-hybridized carbons (Fsp3) is 0.333. The Morgan fingerprint density at radius 2 is 2.12 bits per heavy atom. The van der Waals surface area contributed by atoms with Gasteiger partial charge in [-0.3, -0.25) is 0 Å². The molecule has 0 aliphatic carbocycles. The van der Waals surface area contributed by atoms with E-state index in [4.69, 9.17) is 5.73 Å². The number of benzene rings is 1. The van der Waals surface area contributed by atoms with Gasteiger partial charge in [-0.25, -0.2) is 0 Å². The van der Waals surface area contributed by atoms with Gasteiger partial charge in [-0.05, 0) is 31.0 Å². The summed E-state index contributed by atoms with van der Waals surface area (Å²) < 4.78 is 3.19. The van der Waals surface area contributed by atoms with E-state index in [-0.39, 0.29) is 0 Å². The highest BCUT2D eigenvalue weighted by atomic mass is 79.9. The standard InChI is InChI=1S/C12H13BrN4/c13-8-4-5-10(14)9(7-8)12-16-15-11-3-1-2-6-17(11)12/h4-5,7H,1-3,6,14H2. The number of halogens is 1. The van der Waals surface area contributed by atoms with Gasteiger partial charge in [0.15, 0.2) is 5.82 Å². The molecule has 88 valence electrons. The van der Waals surface area contributed by atoms with Gasteiger partial charge in [-0.2, -0.15) is 0 Å². The normalized spacial score (nSPS) is 14.6. The number of nitrogen functional groups attached to an aromatic ring is 1. The molecule has 2 heterocycles. The van der Waals surface area contributed by atoms with Crippen molar-refractivity contribution in [1.29, 1.82) is 0 Å². The second kappa shape index (κ2) is 4.14. The molecule has 2 aromatic rings. The number of nitrogens with zero attached hydrogens (tertiary/aromatic N) is 3. The first-order chi connectivity index (χ1) is 8.25. The van der Waals surface area contributed by atoms with Gasteiger partial charge >= 0.3 is 0 Å². The van der Waals surface area contributed by atoms with Crippen LogP contribution in [0.3, 0.4) is 0 Å². The van der Waals surface area contributed by atoms with Crippen molar-refractivity contribution in [1.82, 2.24) is 14.8 Å². The molecule has 0 bridgehead atoms. The molecule has 0 atom stereocenters. The van der Waals surface area contributed by atoms with Crippen LogP contribution in [0.25, 0.3) is 11.4 Å². The SMILES string of the molecule is Nc1ccc(Br)cc1-c1nnc2n1CCCC2. The molecule has 5 heteroatoms. The maximum atomic E-state index is 6.01. The molecule has 2 N–H and O–H groups in total. The monoisotopic (exact) mass is 292 g/mol. The maximum Gasteiger partial charge on any atom is 0.166 e. The first-order valence-corrected chi connectivity index (χ1v) is 6.52. The van der Waals surface area contributed by atoms with E-state index in [9.17, 15) is 0 Å². The average Bonchev–Trinajstić information content (AvgIpc) is 2.76. The number of hydrogen-bond acceptors (Lipinski definition) is 3. The fourth-order valence-electron chi connectivity index (χ4n) is 2.23. The molecule has 1 aliphatic rings. The molecular weight excluding hydrogens is 280 g/mol. The van der Waals surface area contributed by atoms with Crippen molar-refractivity contribution in [2.45, 2.75) is 25.8 Å². The predicted molar refractivity (Wildman–Crippen MR) is 70.5 cm³/mol. The van der Waals surface area contributed by atoms with Gasteiger partial charge in [0.1, 0.15) is 5.82 Å². The lowest BCUT2D eigenvalue weighted by Gasteiger charge is -2.15. The average molecular weight is 293 g/mol. The summed E-state index contributed by atoms with van der Waals surface area (Å²) in [5.41, 5.74) is 7.71. The van der Waals surface area contributed by atoms with Gasteiger partial charge < -0.3 is 10.3 Å². The molecule has 0 unspecified atom stereocenters. The van der Waals surface area contributed by atoms with E-state index in [1.165, 1.54) is 12.8 Å². The minimum atomic E-state index is 0.744. The highest BCUT2D eigenvalue weighted by Crippen LogP contribution is 2.29. The summed E-state index contributed by atoms with van der Waals surface area (Å²) in [5, 5.41) is 8.53. The molecule has 0 amide bonds. The first-order valence-electron chi connectivity index (χ1n) is 5.73. The molecule has 0 saturated carbocycles. The van der Waals surface area contributed by atoms with Crippen molar-refractivity contribution in [2.75, 3.05) is 5.73 Å². The van der Waals surface area contributed by atoms with Gasteiger partial charge in [-0.15, -0.1) is 10.2 Å². The molecule has 1 aromatic heterocycles. The van der Waals surface area contributed by atoms with Crippen LogP contribution in [0.2, 0.25) is 0 Å². The molecule has 0 fully saturated rings. The zero-order chi connectivity index (χ0) is 11.8. The molecule has 3 rings (SSSR count). The smallest absolute Gasteiger partial charge is 0.166 e. The third-order valence-electron chi connectivity index (χ3n) is 3.12. The molecule has 0 saturated heterocycles. The van der Waals surface area contributed by atoms with Crippen LogP contribution in [-0.2, 0) is 13.0 Å². The summed E-state index contributed by atoms with van der Waals surface area (Å²) in [6, 6.07) is 5.83. The summed E-state index contributed by atoms with van der Waals surface area (Å²) in [6.07, 6.45) is 3.40. The van der Waals surface area contributed by atoms with Crippen LogP contribution >= 0.6 is 15.9 Å². The summed E-state index contributed by atoms with van der Waals surface area (Å²) >= 11 is 3.46. The number of aryl methyl sites for hydroxylation is 1. The highest BCUT2D eigenvalue weighted by Gasteiger charge is 2.18. The molecular formula is C12H13BrN4.